The molecule has 2 fully saturated rings. The molecule has 5 rings (SSSR count). The molecule has 0 radical (unpaired) electrons. The zero-order valence-corrected chi connectivity index (χ0v) is 34.1. The maximum Gasteiger partial charge on any atom is 0.410 e. The van der Waals surface area contributed by atoms with E-state index in [0.717, 1.165) is 71.6 Å². The topological polar surface area (TPSA) is 94.3 Å². The van der Waals surface area contributed by atoms with Crippen LogP contribution in [0.3, 0.4) is 0 Å². The zero-order chi connectivity index (χ0) is 35.7. The van der Waals surface area contributed by atoms with Crippen molar-refractivity contribution in [3.05, 3.63) is 40.9 Å². The molecule has 13 heteroatoms. The predicted octanol–water partition coefficient (Wildman–Crippen LogP) is 8.83. The third-order valence-electron chi connectivity index (χ3n) is 9.36. The first-order valence-corrected chi connectivity index (χ1v) is 25.6. The molecule has 3 aromatic rings. The van der Waals surface area contributed by atoms with Crippen LogP contribution in [0.5, 0.6) is 0 Å². The summed E-state index contributed by atoms with van der Waals surface area (Å²) in [5.41, 5.74) is 3.93. The number of anilines is 1. The van der Waals surface area contributed by atoms with Gasteiger partial charge >= 0.3 is 6.09 Å². The molecule has 270 valence electrons. The summed E-state index contributed by atoms with van der Waals surface area (Å²) in [6.07, 6.45) is 7.08. The summed E-state index contributed by atoms with van der Waals surface area (Å²) in [4.78, 5) is 27.2. The van der Waals surface area contributed by atoms with Crippen molar-refractivity contribution in [3.8, 4) is 11.1 Å². The lowest BCUT2D eigenvalue weighted by molar-refractivity contribution is 0.00569. The van der Waals surface area contributed by atoms with Crippen molar-refractivity contribution in [1.29, 1.82) is 0 Å². The predicted molar refractivity (Wildman–Crippen MR) is 203 cm³/mol. The Bertz CT molecular complexity index is 1580. The zero-order valence-electron chi connectivity index (χ0n) is 31.3. The summed E-state index contributed by atoms with van der Waals surface area (Å²) >= 11 is 6.32. The van der Waals surface area contributed by atoms with E-state index in [1.807, 2.05) is 49.4 Å². The molecule has 10 nitrogen and oxygen atoms in total. The number of fused-ring (bicyclic) bond motifs is 3. The minimum atomic E-state index is -1.26. The summed E-state index contributed by atoms with van der Waals surface area (Å²) in [5, 5.41) is 5.37. The van der Waals surface area contributed by atoms with Gasteiger partial charge in [0.15, 0.2) is 5.65 Å². The highest BCUT2D eigenvalue weighted by Gasteiger charge is 2.45. The lowest BCUT2D eigenvalue weighted by Gasteiger charge is -2.39. The van der Waals surface area contributed by atoms with Crippen LogP contribution >= 0.6 is 11.6 Å². The van der Waals surface area contributed by atoms with Crippen LogP contribution in [0, 0.1) is 6.92 Å². The van der Waals surface area contributed by atoms with Gasteiger partial charge in [-0.1, -0.05) is 50.9 Å². The van der Waals surface area contributed by atoms with Crippen LogP contribution in [0.1, 0.15) is 63.6 Å². The Hall–Kier alpha value is -2.52. The maximum atomic E-state index is 13.3. The quantitative estimate of drug-likeness (QED) is 0.0746. The molecule has 1 unspecified atom stereocenters. The second-order valence-corrected chi connectivity index (χ2v) is 28.9. The molecule has 2 aliphatic heterocycles. The van der Waals surface area contributed by atoms with Gasteiger partial charge < -0.3 is 24.0 Å². The number of ether oxygens (including phenoxy) is 3. The van der Waals surface area contributed by atoms with E-state index in [2.05, 4.69) is 55.2 Å². The number of piperidine rings is 1. The molecule has 0 aromatic carbocycles. The molecule has 2 bridgehead atoms. The van der Waals surface area contributed by atoms with Crippen LogP contribution in [0.25, 0.3) is 16.8 Å². The number of nitrogens with zero attached hydrogens (tertiary/aromatic N) is 6. The lowest BCUT2D eigenvalue weighted by atomic mass is 9.88. The summed E-state index contributed by atoms with van der Waals surface area (Å²) in [6, 6.07) is 6.63. The lowest BCUT2D eigenvalue weighted by Crippen LogP contribution is -2.48. The Balaban J connectivity index is 1.52. The van der Waals surface area contributed by atoms with Gasteiger partial charge in [0.1, 0.15) is 30.0 Å². The Morgan fingerprint density at radius 1 is 0.959 bits per heavy atom. The van der Waals surface area contributed by atoms with Gasteiger partial charge in [0.2, 0.25) is 0 Å². The highest BCUT2D eigenvalue weighted by molar-refractivity contribution is 6.76. The van der Waals surface area contributed by atoms with Crippen LogP contribution < -0.4 is 4.90 Å². The van der Waals surface area contributed by atoms with Crippen molar-refractivity contribution in [2.24, 2.45) is 0 Å². The summed E-state index contributed by atoms with van der Waals surface area (Å²) in [6.45, 7) is 24.1. The van der Waals surface area contributed by atoms with E-state index in [4.69, 9.17) is 35.9 Å². The Morgan fingerprint density at radius 3 is 2.08 bits per heavy atom. The molecule has 0 N–H and O–H groups in total. The molecule has 49 heavy (non-hydrogen) atoms. The first-order valence-electron chi connectivity index (χ1n) is 17.8. The maximum absolute atomic E-state index is 13.3. The van der Waals surface area contributed by atoms with Crippen molar-refractivity contribution < 1.29 is 19.0 Å². The van der Waals surface area contributed by atoms with Gasteiger partial charge in [-0.25, -0.2) is 14.8 Å². The number of pyridine rings is 1. The van der Waals surface area contributed by atoms with Crippen LogP contribution in [0.15, 0.2) is 24.5 Å². The minimum Gasteiger partial charge on any atom is -0.444 e. The Morgan fingerprint density at radius 2 is 1.55 bits per heavy atom. The second-order valence-electron chi connectivity index (χ2n) is 17.3. The molecule has 3 aromatic heterocycles. The number of rotatable bonds is 13. The van der Waals surface area contributed by atoms with E-state index in [-0.39, 0.29) is 24.1 Å². The molecular formula is C36H57ClN6O4Si2. The second kappa shape index (κ2) is 15.0. The smallest absolute Gasteiger partial charge is 0.410 e. The van der Waals surface area contributed by atoms with Crippen molar-refractivity contribution in [2.45, 2.75) is 128 Å². The van der Waals surface area contributed by atoms with Crippen molar-refractivity contribution >= 4 is 45.3 Å². The van der Waals surface area contributed by atoms with Gasteiger partial charge in [0.05, 0.1) is 6.20 Å². The number of aryl methyl sites for hydroxylation is 1. The van der Waals surface area contributed by atoms with Gasteiger partial charge in [-0.15, -0.1) is 0 Å². The molecule has 1 amide bonds. The fraction of sp³-hybridized carbons (Fsp3) is 0.667. The third kappa shape index (κ3) is 9.84. The van der Waals surface area contributed by atoms with Gasteiger partial charge in [-0.3, -0.25) is 0 Å². The number of carbonyl (C=O) groups excluding carboxylic acids is 1. The van der Waals surface area contributed by atoms with Crippen molar-refractivity contribution in [3.63, 3.8) is 0 Å². The number of hydrogen-bond acceptors (Lipinski definition) is 8. The van der Waals surface area contributed by atoms with Crippen LogP contribution in [-0.4, -0.2) is 91.1 Å². The van der Waals surface area contributed by atoms with E-state index >= 15 is 0 Å². The highest BCUT2D eigenvalue weighted by atomic mass is 35.5. The van der Waals surface area contributed by atoms with Crippen molar-refractivity contribution in [1.82, 2.24) is 24.5 Å². The Kier molecular flexibility index (Phi) is 11.5. The molecule has 2 saturated heterocycles. The number of hydrogen-bond donors (Lipinski definition) is 0. The molecule has 5 heterocycles. The molecule has 0 saturated carbocycles. The fourth-order valence-electron chi connectivity index (χ4n) is 6.62. The molecule has 2 aliphatic rings. The monoisotopic (exact) mass is 728 g/mol. The van der Waals surface area contributed by atoms with E-state index in [1.54, 1.807) is 6.20 Å². The van der Waals surface area contributed by atoms with Crippen LogP contribution in [0.4, 0.5) is 10.6 Å². The molecule has 0 aliphatic carbocycles. The largest absolute Gasteiger partial charge is 0.444 e. The van der Waals surface area contributed by atoms with Gasteiger partial charge in [0.25, 0.3) is 0 Å². The highest BCUT2D eigenvalue weighted by Crippen LogP contribution is 2.44. The summed E-state index contributed by atoms with van der Waals surface area (Å²) in [5.74, 6) is 1.06. The normalized spacial score (nSPS) is 19.9. The summed E-state index contributed by atoms with van der Waals surface area (Å²) < 4.78 is 20.4. The molecular weight excluding hydrogens is 672 g/mol. The number of carbonyl (C=O) groups is 1. The molecule has 3 atom stereocenters. The van der Waals surface area contributed by atoms with Crippen LogP contribution in [0.2, 0.25) is 56.5 Å². The molecule has 0 spiro atoms. The fourth-order valence-corrected chi connectivity index (χ4v) is 8.23. The first kappa shape index (κ1) is 37.7. The average Bonchev–Trinajstić information content (AvgIpc) is 3.53. The minimum absolute atomic E-state index is 0.124. The number of amides is 1. The average molecular weight is 730 g/mol. The third-order valence-corrected chi connectivity index (χ3v) is 13.2. The first-order chi connectivity index (χ1) is 22.9. The van der Waals surface area contributed by atoms with Crippen LogP contribution in [-0.2, 0) is 14.2 Å². The van der Waals surface area contributed by atoms with E-state index in [0.29, 0.717) is 31.8 Å². The van der Waals surface area contributed by atoms with E-state index in [9.17, 15) is 4.79 Å². The van der Waals surface area contributed by atoms with Gasteiger partial charge in [-0.05, 0) is 77.1 Å². The van der Waals surface area contributed by atoms with E-state index < -0.39 is 21.7 Å². The Labute approximate surface area is 299 Å². The number of aromatic nitrogens is 4. The van der Waals surface area contributed by atoms with Crippen molar-refractivity contribution in [2.75, 3.05) is 31.6 Å². The van der Waals surface area contributed by atoms with Gasteiger partial charge in [-0.2, -0.15) is 9.61 Å². The van der Waals surface area contributed by atoms with E-state index in [1.165, 1.54) is 0 Å². The standard InChI is InChI=1S/C36H57ClN6O4Si2/c1-25-17-27(21-38-33(25)37)30-22-39-43-32(41(23-45-13-15-48(5,6)7)24-46-14-16-49(8,9)10)20-31(40-34(30)43)26-18-28-11-12-29(19-26)42(28)35(44)47-36(2,3)4/h17,20-22,26,28-29H,11-16,18-19,23-24H2,1-10H3/t26?,28-,29+. The van der Waals surface area contributed by atoms with Gasteiger partial charge in [0, 0.05) is 76.4 Å². The number of halogens is 1. The summed E-state index contributed by atoms with van der Waals surface area (Å²) in [7, 11) is -2.53. The SMILES string of the molecule is Cc1cc(-c2cnn3c(N(COCC[Si](C)(C)C)COCC[Si](C)(C)C)cc(C4C[C@H]5CC[C@@H](C4)N5C(=O)OC(C)(C)C)nc23)cnc1Cl.